The molecule has 0 saturated heterocycles. The molecule has 0 radical (unpaired) electrons. The fourth-order valence-electron chi connectivity index (χ4n) is 1.39. The van der Waals surface area contributed by atoms with Gasteiger partial charge in [-0.15, -0.1) is 10.2 Å². The lowest BCUT2D eigenvalue weighted by Gasteiger charge is -2.20. The second-order valence-corrected chi connectivity index (χ2v) is 3.45. The number of aromatic nitrogens is 3. The van der Waals surface area contributed by atoms with Crippen molar-refractivity contribution in [1.29, 1.82) is 0 Å². The summed E-state index contributed by atoms with van der Waals surface area (Å²) < 4.78 is 4.74. The highest BCUT2D eigenvalue weighted by atomic mass is 35.5. The number of nitrogens with one attached hydrogen (secondary N) is 1. The van der Waals surface area contributed by atoms with E-state index >= 15 is 0 Å². The van der Waals surface area contributed by atoms with Gasteiger partial charge in [0.15, 0.2) is 0 Å². The van der Waals surface area contributed by atoms with Crippen molar-refractivity contribution in [1.82, 2.24) is 15.2 Å². The molecule has 8 heteroatoms. The van der Waals surface area contributed by atoms with Crippen molar-refractivity contribution in [2.24, 2.45) is 0 Å². The lowest BCUT2D eigenvalue weighted by atomic mass is 10.3. The second-order valence-electron chi connectivity index (χ2n) is 3.05. The largest absolute Gasteiger partial charge is 0.438 e. The van der Waals surface area contributed by atoms with Gasteiger partial charge in [-0.1, -0.05) is 11.6 Å². The summed E-state index contributed by atoms with van der Waals surface area (Å²) in [4.78, 5) is 25.9. The Morgan fingerprint density at radius 3 is 3.00 bits per heavy atom. The zero-order valence-corrected chi connectivity index (χ0v) is 8.93. The van der Waals surface area contributed by atoms with E-state index in [4.69, 9.17) is 16.3 Å². The van der Waals surface area contributed by atoms with E-state index < -0.39 is 6.23 Å². The van der Waals surface area contributed by atoms with Gasteiger partial charge in [0.25, 0.3) is 12.4 Å². The topological polar surface area (TPSA) is 88.2 Å². The molecular weight excluding hydrogens is 236 g/mol. The van der Waals surface area contributed by atoms with Crippen LogP contribution in [-0.4, -0.2) is 33.8 Å². The summed E-state index contributed by atoms with van der Waals surface area (Å²) in [5.41, 5.74) is 0.310. The molecule has 0 bridgehead atoms. The van der Waals surface area contributed by atoms with E-state index in [1.807, 2.05) is 0 Å². The van der Waals surface area contributed by atoms with Crippen molar-refractivity contribution in [2.45, 2.75) is 13.2 Å². The Hall–Kier alpha value is -1.89. The zero-order valence-electron chi connectivity index (χ0n) is 8.18. The first-order valence-corrected chi connectivity index (χ1v) is 4.69. The van der Waals surface area contributed by atoms with E-state index in [1.54, 1.807) is 6.92 Å². The highest BCUT2D eigenvalue weighted by Gasteiger charge is 2.40. The maximum absolute atomic E-state index is 11.8. The highest BCUT2D eigenvalue weighted by Crippen LogP contribution is 2.31. The van der Waals surface area contributed by atoms with E-state index in [0.29, 0.717) is 5.57 Å². The number of hydrogen-bond donors (Lipinski definition) is 1. The van der Waals surface area contributed by atoms with Crippen molar-refractivity contribution in [3.63, 3.8) is 0 Å². The normalized spacial score (nSPS) is 20.5. The van der Waals surface area contributed by atoms with Gasteiger partial charge in [-0.3, -0.25) is 9.59 Å². The summed E-state index contributed by atoms with van der Waals surface area (Å²) in [7, 11) is 0. The van der Waals surface area contributed by atoms with Crippen LogP contribution >= 0.6 is 11.6 Å². The molecule has 1 aliphatic heterocycles. The van der Waals surface area contributed by atoms with Crippen LogP contribution in [0.4, 0.5) is 5.95 Å². The lowest BCUT2D eigenvalue weighted by Crippen LogP contribution is -2.37. The molecule has 0 fully saturated rings. The number of ether oxygens (including phenoxy) is 1. The molecule has 16 heavy (non-hydrogen) atoms. The molecule has 1 aromatic heterocycles. The predicted molar refractivity (Wildman–Crippen MR) is 53.4 cm³/mol. The fraction of sp³-hybridized carbons (Fsp3) is 0.250. The van der Waals surface area contributed by atoms with Crippen LogP contribution in [0.2, 0.25) is 0 Å². The van der Waals surface area contributed by atoms with Crippen LogP contribution in [0.3, 0.4) is 0 Å². The van der Waals surface area contributed by atoms with Crippen molar-refractivity contribution >= 4 is 29.9 Å². The third kappa shape index (κ3) is 1.45. The maximum atomic E-state index is 11.8. The Morgan fingerprint density at radius 2 is 2.44 bits per heavy atom. The number of H-pyrrole nitrogens is 1. The minimum Gasteiger partial charge on any atom is -0.438 e. The molecule has 1 unspecified atom stereocenters. The SMILES string of the molecule is CC1=C(Cl)C(OC=O)N(c2nnc[nH]2)C1=O. The van der Waals surface area contributed by atoms with Crippen LogP contribution in [0.15, 0.2) is 16.9 Å². The number of carbonyl (C=O) groups is 2. The Morgan fingerprint density at radius 1 is 1.69 bits per heavy atom. The number of amides is 1. The van der Waals surface area contributed by atoms with Gasteiger partial charge >= 0.3 is 0 Å². The second kappa shape index (κ2) is 3.93. The maximum Gasteiger partial charge on any atom is 0.295 e. The molecule has 2 rings (SSSR count). The van der Waals surface area contributed by atoms with E-state index in [1.165, 1.54) is 6.33 Å². The van der Waals surface area contributed by atoms with Gasteiger partial charge in [0.1, 0.15) is 6.33 Å². The van der Waals surface area contributed by atoms with Crippen molar-refractivity contribution in [2.75, 3.05) is 4.90 Å². The summed E-state index contributed by atoms with van der Waals surface area (Å²) in [6.07, 6.45) is 0.335. The Bertz CT molecular complexity index is 456. The van der Waals surface area contributed by atoms with Crippen molar-refractivity contribution < 1.29 is 14.3 Å². The summed E-state index contributed by atoms with van der Waals surface area (Å²) in [5, 5.41) is 7.37. The Balaban J connectivity index is 2.39. The van der Waals surface area contributed by atoms with E-state index in [0.717, 1.165) is 4.90 Å². The molecule has 1 amide bonds. The molecule has 1 atom stereocenters. The molecule has 1 aromatic rings. The van der Waals surface area contributed by atoms with Gasteiger partial charge in [0.2, 0.25) is 12.2 Å². The summed E-state index contributed by atoms with van der Waals surface area (Å²) in [6, 6.07) is 0. The van der Waals surface area contributed by atoms with Gasteiger partial charge < -0.3 is 9.72 Å². The number of halogens is 1. The van der Waals surface area contributed by atoms with Gasteiger partial charge in [0, 0.05) is 5.57 Å². The molecule has 1 aliphatic rings. The number of anilines is 1. The van der Waals surface area contributed by atoms with Gasteiger partial charge in [-0.25, -0.2) is 4.90 Å². The summed E-state index contributed by atoms with van der Waals surface area (Å²) in [6.45, 7) is 1.77. The molecule has 7 nitrogen and oxygen atoms in total. The number of carbonyl (C=O) groups excluding carboxylic acids is 2. The quantitative estimate of drug-likeness (QED) is 0.763. The molecule has 2 heterocycles. The molecular formula is C8H7ClN4O3. The number of aromatic amines is 1. The van der Waals surface area contributed by atoms with Crippen LogP contribution in [0, 0.1) is 0 Å². The highest BCUT2D eigenvalue weighted by molar-refractivity contribution is 6.35. The molecule has 84 valence electrons. The zero-order chi connectivity index (χ0) is 11.7. The molecule has 0 aliphatic carbocycles. The van der Waals surface area contributed by atoms with Crippen LogP contribution in [0.5, 0.6) is 0 Å². The van der Waals surface area contributed by atoms with Crippen LogP contribution < -0.4 is 4.90 Å². The third-order valence-corrected chi connectivity index (χ3v) is 2.64. The van der Waals surface area contributed by atoms with Crippen molar-refractivity contribution in [3.8, 4) is 0 Å². The lowest BCUT2D eigenvalue weighted by molar-refractivity contribution is -0.132. The monoisotopic (exact) mass is 242 g/mol. The van der Waals surface area contributed by atoms with E-state index in [-0.39, 0.29) is 23.4 Å². The van der Waals surface area contributed by atoms with E-state index in [9.17, 15) is 9.59 Å². The first-order chi connectivity index (χ1) is 7.66. The van der Waals surface area contributed by atoms with Gasteiger partial charge in [-0.05, 0) is 6.92 Å². The van der Waals surface area contributed by atoms with Gasteiger partial charge in [-0.2, -0.15) is 0 Å². The van der Waals surface area contributed by atoms with Crippen LogP contribution in [0.25, 0.3) is 0 Å². The number of nitrogens with zero attached hydrogens (tertiary/aromatic N) is 3. The summed E-state index contributed by atoms with van der Waals surface area (Å²) in [5.74, 6) is -0.208. The smallest absolute Gasteiger partial charge is 0.295 e. The summed E-state index contributed by atoms with van der Waals surface area (Å²) >= 11 is 5.89. The molecule has 0 spiro atoms. The average molecular weight is 243 g/mol. The van der Waals surface area contributed by atoms with Crippen LogP contribution in [-0.2, 0) is 14.3 Å². The fourth-order valence-corrected chi connectivity index (χ4v) is 1.61. The van der Waals surface area contributed by atoms with Gasteiger partial charge in [0.05, 0.1) is 5.03 Å². The number of hydrogen-bond acceptors (Lipinski definition) is 5. The number of rotatable bonds is 3. The van der Waals surface area contributed by atoms with E-state index in [2.05, 4.69) is 15.2 Å². The standard InChI is InChI=1S/C8H7ClN4O3/c1-4-5(9)7(16-3-14)13(6(4)15)8-10-2-11-12-8/h2-3,7H,1H3,(H,10,11,12). The average Bonchev–Trinajstić information content (AvgIpc) is 2.85. The first kappa shape index (κ1) is 10.6. The van der Waals surface area contributed by atoms with Crippen molar-refractivity contribution in [3.05, 3.63) is 16.9 Å². The third-order valence-electron chi connectivity index (χ3n) is 2.17. The molecule has 0 saturated carbocycles. The minimum atomic E-state index is -0.973. The predicted octanol–water partition coefficient (Wildman–Crippen LogP) is 0.163. The Kier molecular flexibility index (Phi) is 2.61. The molecule has 1 N–H and O–H groups in total. The van der Waals surface area contributed by atoms with Crippen LogP contribution in [0.1, 0.15) is 6.92 Å². The Labute approximate surface area is 95.0 Å². The first-order valence-electron chi connectivity index (χ1n) is 4.31. The molecule has 0 aromatic carbocycles. The minimum absolute atomic E-state index is 0.161.